The van der Waals surface area contributed by atoms with Crippen LogP contribution in [-0.2, 0) is 17.6 Å². The van der Waals surface area contributed by atoms with Gasteiger partial charge >= 0.3 is 0 Å². The van der Waals surface area contributed by atoms with E-state index in [9.17, 15) is 14.7 Å². The third-order valence-corrected chi connectivity index (χ3v) is 5.77. The molecule has 4 rings (SSSR count). The van der Waals surface area contributed by atoms with Crippen molar-refractivity contribution < 1.29 is 14.7 Å². The molecule has 1 atom stereocenters. The molecule has 0 spiro atoms. The second-order valence-corrected chi connectivity index (χ2v) is 8.20. The molecule has 0 saturated carbocycles. The van der Waals surface area contributed by atoms with Gasteiger partial charge in [-0.2, -0.15) is 0 Å². The van der Waals surface area contributed by atoms with Crippen LogP contribution in [0.2, 0.25) is 0 Å². The fraction of sp³-hybridized carbons (Fsp3) is 0.455. The SMILES string of the molecule is CC(=O)N1CC(Nc2cc(C(=O)NCC(O)CNC3Cc4ccccc4C3)ncn2)C1. The summed E-state index contributed by atoms with van der Waals surface area (Å²) in [7, 11) is 0. The molecule has 2 aromatic rings. The normalized spacial score (nSPS) is 17.0. The summed E-state index contributed by atoms with van der Waals surface area (Å²) < 4.78 is 0. The van der Waals surface area contributed by atoms with Crippen LogP contribution in [0.1, 0.15) is 28.5 Å². The number of carbonyl (C=O) groups excluding carboxylic acids is 2. The van der Waals surface area contributed by atoms with E-state index in [0.29, 0.717) is 31.5 Å². The molecule has 31 heavy (non-hydrogen) atoms. The van der Waals surface area contributed by atoms with Crippen molar-refractivity contribution in [3.8, 4) is 0 Å². The summed E-state index contributed by atoms with van der Waals surface area (Å²) >= 11 is 0. The van der Waals surface area contributed by atoms with Gasteiger partial charge in [0.15, 0.2) is 0 Å². The summed E-state index contributed by atoms with van der Waals surface area (Å²) in [6.45, 7) is 3.32. The Bertz CT molecular complexity index is 921. The minimum atomic E-state index is -0.695. The smallest absolute Gasteiger partial charge is 0.270 e. The first-order valence-electron chi connectivity index (χ1n) is 10.6. The van der Waals surface area contributed by atoms with Gasteiger partial charge in [0.1, 0.15) is 17.8 Å². The van der Waals surface area contributed by atoms with Crippen molar-refractivity contribution in [1.82, 2.24) is 25.5 Å². The van der Waals surface area contributed by atoms with Crippen molar-refractivity contribution in [2.75, 3.05) is 31.5 Å². The van der Waals surface area contributed by atoms with Gasteiger partial charge in [0, 0.05) is 45.2 Å². The molecule has 1 saturated heterocycles. The van der Waals surface area contributed by atoms with Gasteiger partial charge in [-0.3, -0.25) is 9.59 Å². The Morgan fingerprint density at radius 1 is 1.13 bits per heavy atom. The van der Waals surface area contributed by atoms with Crippen molar-refractivity contribution in [1.29, 1.82) is 0 Å². The van der Waals surface area contributed by atoms with Crippen LogP contribution in [0.5, 0.6) is 0 Å². The van der Waals surface area contributed by atoms with Crippen LogP contribution >= 0.6 is 0 Å². The lowest BCUT2D eigenvalue weighted by Gasteiger charge is -2.39. The summed E-state index contributed by atoms with van der Waals surface area (Å²) in [5.74, 6) is 0.222. The van der Waals surface area contributed by atoms with E-state index in [0.717, 1.165) is 12.8 Å². The Balaban J connectivity index is 1.19. The van der Waals surface area contributed by atoms with Crippen molar-refractivity contribution in [2.24, 2.45) is 0 Å². The number of carbonyl (C=O) groups is 2. The van der Waals surface area contributed by atoms with Crippen LogP contribution in [-0.4, -0.2) is 76.2 Å². The van der Waals surface area contributed by atoms with Gasteiger partial charge in [0.05, 0.1) is 12.1 Å². The number of nitrogens with one attached hydrogen (secondary N) is 3. The monoisotopic (exact) mass is 424 g/mol. The van der Waals surface area contributed by atoms with Crippen LogP contribution in [0.25, 0.3) is 0 Å². The van der Waals surface area contributed by atoms with E-state index < -0.39 is 6.10 Å². The van der Waals surface area contributed by atoms with Gasteiger partial charge in [-0.15, -0.1) is 0 Å². The quantitative estimate of drug-likeness (QED) is 0.470. The van der Waals surface area contributed by atoms with E-state index in [1.807, 2.05) is 12.1 Å². The Labute approximate surface area is 181 Å². The van der Waals surface area contributed by atoms with Crippen molar-refractivity contribution in [2.45, 2.75) is 38.0 Å². The van der Waals surface area contributed by atoms with Crippen LogP contribution in [0.3, 0.4) is 0 Å². The Morgan fingerprint density at radius 2 is 1.84 bits per heavy atom. The minimum absolute atomic E-state index is 0.0475. The number of amides is 2. The number of likely N-dealkylation sites (tertiary alicyclic amines) is 1. The molecule has 2 amide bonds. The fourth-order valence-corrected chi connectivity index (χ4v) is 3.98. The van der Waals surface area contributed by atoms with Crippen molar-refractivity contribution in [3.05, 3.63) is 53.5 Å². The maximum absolute atomic E-state index is 12.4. The third-order valence-electron chi connectivity index (χ3n) is 5.77. The standard InChI is InChI=1S/C22H28N6O3/c1-14(29)28-11-18(12-28)27-21-8-20(25-13-26-21)22(31)24-10-19(30)9-23-17-6-15-4-2-3-5-16(15)7-17/h2-5,8,13,17-19,23,30H,6-7,9-12H2,1H3,(H,24,31)(H,25,26,27). The molecule has 9 nitrogen and oxygen atoms in total. The van der Waals surface area contributed by atoms with Gasteiger partial charge in [-0.25, -0.2) is 9.97 Å². The molecule has 1 aliphatic carbocycles. The number of benzene rings is 1. The molecular formula is C22H28N6O3. The Hall–Kier alpha value is -3.04. The van der Waals surface area contributed by atoms with Gasteiger partial charge in [0.2, 0.25) is 5.91 Å². The molecule has 9 heteroatoms. The third kappa shape index (κ3) is 5.36. The molecule has 2 aliphatic rings. The van der Waals surface area contributed by atoms with Crippen LogP contribution in [0.4, 0.5) is 5.82 Å². The summed E-state index contributed by atoms with van der Waals surface area (Å²) in [6.07, 6.45) is 2.54. The zero-order valence-electron chi connectivity index (χ0n) is 17.5. The molecule has 2 heterocycles. The number of hydrogen-bond acceptors (Lipinski definition) is 7. The molecule has 1 aliphatic heterocycles. The zero-order valence-corrected chi connectivity index (χ0v) is 17.5. The number of aliphatic hydroxyl groups is 1. The first-order chi connectivity index (χ1) is 15.0. The predicted octanol–water partition coefficient (Wildman–Crippen LogP) is -0.0331. The second-order valence-electron chi connectivity index (χ2n) is 8.20. The molecule has 0 bridgehead atoms. The highest BCUT2D eigenvalue weighted by molar-refractivity contribution is 5.92. The molecule has 1 aromatic heterocycles. The highest BCUT2D eigenvalue weighted by Gasteiger charge is 2.28. The molecule has 1 fully saturated rings. The number of nitrogens with zero attached hydrogens (tertiary/aromatic N) is 3. The van der Waals surface area contributed by atoms with E-state index in [1.54, 1.807) is 17.9 Å². The Morgan fingerprint density at radius 3 is 2.52 bits per heavy atom. The number of aliphatic hydroxyl groups excluding tert-OH is 1. The lowest BCUT2D eigenvalue weighted by molar-refractivity contribution is -0.132. The van der Waals surface area contributed by atoms with E-state index in [2.05, 4.69) is 38.1 Å². The fourth-order valence-electron chi connectivity index (χ4n) is 3.98. The largest absolute Gasteiger partial charge is 0.390 e. The maximum Gasteiger partial charge on any atom is 0.270 e. The number of anilines is 1. The summed E-state index contributed by atoms with van der Waals surface area (Å²) in [5, 5.41) is 19.6. The lowest BCUT2D eigenvalue weighted by Crippen LogP contribution is -2.56. The Kier molecular flexibility index (Phi) is 6.43. The van der Waals surface area contributed by atoms with Gasteiger partial charge in [0.25, 0.3) is 5.91 Å². The molecular weight excluding hydrogens is 396 g/mol. The number of aromatic nitrogens is 2. The average molecular weight is 425 g/mol. The topological polar surface area (TPSA) is 119 Å². The number of hydrogen-bond donors (Lipinski definition) is 4. The zero-order chi connectivity index (χ0) is 21.8. The van der Waals surface area contributed by atoms with Crippen molar-refractivity contribution in [3.63, 3.8) is 0 Å². The van der Waals surface area contributed by atoms with E-state index in [-0.39, 0.29) is 30.1 Å². The van der Waals surface area contributed by atoms with E-state index in [1.165, 1.54) is 17.5 Å². The van der Waals surface area contributed by atoms with E-state index >= 15 is 0 Å². The lowest BCUT2D eigenvalue weighted by atomic mass is 10.1. The van der Waals surface area contributed by atoms with Crippen LogP contribution in [0, 0.1) is 0 Å². The molecule has 0 radical (unpaired) electrons. The summed E-state index contributed by atoms with van der Waals surface area (Å²) in [6, 6.07) is 10.4. The van der Waals surface area contributed by atoms with Gasteiger partial charge < -0.3 is 26.0 Å². The number of fused-ring (bicyclic) bond motifs is 1. The molecule has 1 unspecified atom stereocenters. The minimum Gasteiger partial charge on any atom is -0.390 e. The molecule has 1 aromatic carbocycles. The second kappa shape index (κ2) is 9.40. The van der Waals surface area contributed by atoms with Crippen molar-refractivity contribution >= 4 is 17.6 Å². The highest BCUT2D eigenvalue weighted by Crippen LogP contribution is 2.21. The summed E-state index contributed by atoms with van der Waals surface area (Å²) in [5.41, 5.74) is 2.94. The molecule has 4 N–H and O–H groups in total. The average Bonchev–Trinajstić information content (AvgIpc) is 3.15. The summed E-state index contributed by atoms with van der Waals surface area (Å²) in [4.78, 5) is 33.6. The maximum atomic E-state index is 12.4. The highest BCUT2D eigenvalue weighted by atomic mass is 16.3. The first-order valence-corrected chi connectivity index (χ1v) is 10.6. The first kappa shape index (κ1) is 21.2. The predicted molar refractivity (Wildman–Crippen MR) is 116 cm³/mol. The van der Waals surface area contributed by atoms with Gasteiger partial charge in [-0.05, 0) is 24.0 Å². The van der Waals surface area contributed by atoms with Crippen LogP contribution < -0.4 is 16.0 Å². The van der Waals surface area contributed by atoms with E-state index in [4.69, 9.17) is 0 Å². The van der Waals surface area contributed by atoms with Gasteiger partial charge in [-0.1, -0.05) is 24.3 Å². The van der Waals surface area contributed by atoms with Crippen LogP contribution in [0.15, 0.2) is 36.7 Å². The number of rotatable bonds is 8. The molecule has 164 valence electrons.